The molecule has 2 aromatic rings. The van der Waals surface area contributed by atoms with Crippen LogP contribution in [0.5, 0.6) is 0 Å². The number of nitrogens with one attached hydrogen (secondary N) is 1. The van der Waals surface area contributed by atoms with Crippen LogP contribution in [0.3, 0.4) is 0 Å². The molecule has 1 heterocycles. The van der Waals surface area contributed by atoms with Crippen LogP contribution in [0.1, 0.15) is 17.7 Å². The second kappa shape index (κ2) is 3.17. The van der Waals surface area contributed by atoms with Gasteiger partial charge < -0.3 is 10.5 Å². The summed E-state index contributed by atoms with van der Waals surface area (Å²) in [5.41, 5.74) is 2.82. The van der Waals surface area contributed by atoms with Crippen LogP contribution in [0, 0.1) is 5.41 Å². The van der Waals surface area contributed by atoms with Crippen LogP contribution in [-0.2, 0) is 0 Å². The molecule has 0 aliphatic heterocycles. The molecule has 2 N–H and O–H groups in total. The Labute approximate surface area is 92.6 Å². The summed E-state index contributed by atoms with van der Waals surface area (Å²) in [5.74, 6) is 0.209. The zero-order chi connectivity index (χ0) is 11.1. The molecule has 0 saturated carbocycles. The van der Waals surface area contributed by atoms with Crippen molar-refractivity contribution in [3.63, 3.8) is 0 Å². The van der Waals surface area contributed by atoms with E-state index in [-0.39, 0.29) is 5.76 Å². The summed E-state index contributed by atoms with van der Waals surface area (Å²) in [4.78, 5) is 4.44. The first kappa shape index (κ1) is 9.09. The molecule has 1 aliphatic carbocycles. The topological polar surface area (TPSA) is 57.0 Å². The third kappa shape index (κ3) is 1.29. The summed E-state index contributed by atoms with van der Waals surface area (Å²) in [6, 6.07) is 9.76. The summed E-state index contributed by atoms with van der Waals surface area (Å²) >= 11 is 0. The van der Waals surface area contributed by atoms with E-state index in [4.69, 9.17) is 5.41 Å². The number of fused-ring (bicyclic) bond motifs is 2. The molecule has 0 saturated heterocycles. The third-order valence-electron chi connectivity index (χ3n) is 2.74. The van der Waals surface area contributed by atoms with Crippen LogP contribution in [0.15, 0.2) is 36.1 Å². The summed E-state index contributed by atoms with van der Waals surface area (Å²) in [5, 5.41) is 18.3. The van der Waals surface area contributed by atoms with Gasteiger partial charge in [0, 0.05) is 29.2 Å². The van der Waals surface area contributed by atoms with Gasteiger partial charge in [-0.05, 0) is 12.1 Å². The predicted molar refractivity (Wildman–Crippen MR) is 63.8 cm³/mol. The van der Waals surface area contributed by atoms with Gasteiger partial charge in [0.15, 0.2) is 0 Å². The second-order valence-electron chi connectivity index (χ2n) is 3.90. The number of aliphatic hydroxyl groups is 1. The number of hydrogen-bond donors (Lipinski definition) is 2. The average molecular weight is 210 g/mol. The highest BCUT2D eigenvalue weighted by atomic mass is 16.3. The Morgan fingerprint density at radius 2 is 2.06 bits per heavy atom. The van der Waals surface area contributed by atoms with Gasteiger partial charge in [-0.2, -0.15) is 0 Å². The summed E-state index contributed by atoms with van der Waals surface area (Å²) < 4.78 is 0. The van der Waals surface area contributed by atoms with E-state index in [9.17, 15) is 5.11 Å². The molecule has 0 spiro atoms. The number of aliphatic hydroxyl groups excluding tert-OH is 1. The smallest absolute Gasteiger partial charge is 0.100 e. The van der Waals surface area contributed by atoms with Gasteiger partial charge in [-0.3, -0.25) is 0 Å². The molecule has 1 aromatic carbocycles. The van der Waals surface area contributed by atoms with Gasteiger partial charge in [-0.25, -0.2) is 4.98 Å². The molecule has 3 heteroatoms. The number of allylic oxidation sites excluding steroid dienone is 1. The zero-order valence-corrected chi connectivity index (χ0v) is 8.57. The Hall–Kier alpha value is -2.16. The van der Waals surface area contributed by atoms with E-state index >= 15 is 0 Å². The van der Waals surface area contributed by atoms with Crippen molar-refractivity contribution >= 4 is 22.7 Å². The molecule has 0 unspecified atom stereocenters. The Morgan fingerprint density at radius 1 is 1.25 bits per heavy atom. The van der Waals surface area contributed by atoms with Crippen LogP contribution in [0.25, 0.3) is 17.0 Å². The van der Waals surface area contributed by atoms with Crippen LogP contribution >= 0.6 is 0 Å². The lowest BCUT2D eigenvalue weighted by Gasteiger charge is -2.14. The lowest BCUT2D eigenvalue weighted by molar-refractivity contribution is 0.409. The molecule has 78 valence electrons. The maximum absolute atomic E-state index is 9.48. The average Bonchev–Trinajstić information content (AvgIpc) is 2.27. The molecular weight excluding hydrogens is 200 g/mol. The normalized spacial score (nSPS) is 14.8. The fourth-order valence-electron chi connectivity index (χ4n) is 1.97. The maximum Gasteiger partial charge on any atom is 0.100 e. The molecule has 3 rings (SSSR count). The van der Waals surface area contributed by atoms with E-state index in [1.54, 1.807) is 6.08 Å². The van der Waals surface area contributed by atoms with Gasteiger partial charge in [0.2, 0.25) is 0 Å². The van der Waals surface area contributed by atoms with Crippen LogP contribution in [0.4, 0.5) is 0 Å². The highest BCUT2D eigenvalue weighted by Crippen LogP contribution is 2.24. The van der Waals surface area contributed by atoms with E-state index in [2.05, 4.69) is 4.98 Å². The molecular formula is C13H10N2O. The van der Waals surface area contributed by atoms with Gasteiger partial charge in [0.1, 0.15) is 5.76 Å². The van der Waals surface area contributed by atoms with Crippen molar-refractivity contribution < 1.29 is 5.11 Å². The molecule has 0 fully saturated rings. The summed E-state index contributed by atoms with van der Waals surface area (Å²) in [6.07, 6.45) is 1.94. The van der Waals surface area contributed by atoms with Crippen molar-refractivity contribution in [1.82, 2.24) is 4.98 Å². The van der Waals surface area contributed by atoms with E-state index < -0.39 is 0 Å². The largest absolute Gasteiger partial charge is 0.512 e. The van der Waals surface area contributed by atoms with Crippen molar-refractivity contribution in [2.45, 2.75) is 6.42 Å². The Bertz CT molecular complexity index is 629. The van der Waals surface area contributed by atoms with Crippen molar-refractivity contribution in [3.05, 3.63) is 47.3 Å². The van der Waals surface area contributed by atoms with Crippen LogP contribution in [-0.4, -0.2) is 15.8 Å². The van der Waals surface area contributed by atoms with Crippen LogP contribution < -0.4 is 0 Å². The first-order valence-electron chi connectivity index (χ1n) is 5.11. The molecule has 0 radical (unpaired) electrons. The molecule has 16 heavy (non-hydrogen) atoms. The predicted octanol–water partition coefficient (Wildman–Crippen LogP) is 2.91. The van der Waals surface area contributed by atoms with Crippen molar-refractivity contribution in [2.24, 2.45) is 0 Å². The van der Waals surface area contributed by atoms with E-state index in [0.717, 1.165) is 16.5 Å². The monoisotopic (exact) mass is 210 g/mol. The molecule has 0 atom stereocenters. The maximum atomic E-state index is 9.48. The fourth-order valence-corrected chi connectivity index (χ4v) is 1.97. The summed E-state index contributed by atoms with van der Waals surface area (Å²) in [7, 11) is 0. The van der Waals surface area contributed by atoms with Gasteiger partial charge in [0.05, 0.1) is 11.2 Å². The molecule has 0 bridgehead atoms. The second-order valence-corrected chi connectivity index (χ2v) is 3.90. The lowest BCUT2D eigenvalue weighted by atomic mass is 9.97. The number of pyridine rings is 1. The van der Waals surface area contributed by atoms with Gasteiger partial charge in [-0.1, -0.05) is 18.2 Å². The van der Waals surface area contributed by atoms with Gasteiger partial charge >= 0.3 is 0 Å². The highest BCUT2D eigenvalue weighted by molar-refractivity contribution is 6.06. The Kier molecular flexibility index (Phi) is 1.80. The van der Waals surface area contributed by atoms with Crippen molar-refractivity contribution in [2.75, 3.05) is 0 Å². The molecule has 0 amide bonds. The zero-order valence-electron chi connectivity index (χ0n) is 8.57. The molecule has 3 nitrogen and oxygen atoms in total. The lowest BCUT2D eigenvalue weighted by Crippen LogP contribution is -2.09. The fraction of sp³-hybridized carbons (Fsp3) is 0.0769. The van der Waals surface area contributed by atoms with E-state index in [0.29, 0.717) is 17.8 Å². The minimum atomic E-state index is 0.209. The summed E-state index contributed by atoms with van der Waals surface area (Å²) in [6.45, 7) is 0. The number of benzene rings is 1. The SMILES string of the molecule is N=C1CC(O)=Cc2nc3ccccc3cc21. The van der Waals surface area contributed by atoms with Gasteiger partial charge in [-0.15, -0.1) is 0 Å². The minimum Gasteiger partial charge on any atom is -0.512 e. The number of para-hydroxylation sites is 1. The Balaban J connectivity index is 2.35. The standard InChI is InChI=1S/C13H10N2O/c14-11-6-9(16)7-13-10(11)5-8-3-1-2-4-12(8)15-13/h1-5,7,14,16H,6H2. The van der Waals surface area contributed by atoms with Crippen molar-refractivity contribution in [3.8, 4) is 0 Å². The number of nitrogens with zero attached hydrogens (tertiary/aromatic N) is 1. The first-order chi connectivity index (χ1) is 7.74. The number of hydrogen-bond acceptors (Lipinski definition) is 3. The number of rotatable bonds is 0. The van der Waals surface area contributed by atoms with Crippen LogP contribution in [0.2, 0.25) is 0 Å². The number of aromatic nitrogens is 1. The third-order valence-corrected chi connectivity index (χ3v) is 2.74. The molecule has 1 aliphatic rings. The van der Waals surface area contributed by atoms with Gasteiger partial charge in [0.25, 0.3) is 0 Å². The Morgan fingerprint density at radius 3 is 2.94 bits per heavy atom. The van der Waals surface area contributed by atoms with E-state index in [1.807, 2.05) is 30.3 Å². The highest BCUT2D eigenvalue weighted by Gasteiger charge is 2.16. The van der Waals surface area contributed by atoms with E-state index in [1.165, 1.54) is 0 Å². The quantitative estimate of drug-likeness (QED) is 0.702. The first-order valence-corrected chi connectivity index (χ1v) is 5.11. The molecule has 1 aromatic heterocycles. The minimum absolute atomic E-state index is 0.209. The van der Waals surface area contributed by atoms with Crippen molar-refractivity contribution in [1.29, 1.82) is 5.41 Å².